The van der Waals surface area contributed by atoms with Crippen LogP contribution in [0, 0.1) is 0 Å². The van der Waals surface area contributed by atoms with Gasteiger partial charge in [0, 0.05) is 36.8 Å². The van der Waals surface area contributed by atoms with Gasteiger partial charge in [0.1, 0.15) is 0 Å². The number of carbonyl (C=O) groups excluding carboxylic acids is 2. The molecule has 1 aromatic rings. The Labute approximate surface area is 174 Å². The summed E-state index contributed by atoms with van der Waals surface area (Å²) in [5.41, 5.74) is 1.90. The van der Waals surface area contributed by atoms with Crippen LogP contribution in [0.15, 0.2) is 24.3 Å². The van der Waals surface area contributed by atoms with E-state index < -0.39 is 0 Å². The number of nitrogens with zero attached hydrogens (tertiary/aromatic N) is 2. The highest BCUT2D eigenvalue weighted by atomic mass is 16.2. The van der Waals surface area contributed by atoms with E-state index in [4.69, 9.17) is 0 Å². The molecule has 158 valence electrons. The van der Waals surface area contributed by atoms with Crippen LogP contribution in [-0.4, -0.2) is 52.8 Å². The molecule has 0 spiro atoms. The second kappa shape index (κ2) is 9.29. The Morgan fingerprint density at radius 3 is 2.21 bits per heavy atom. The highest BCUT2D eigenvalue weighted by Crippen LogP contribution is 2.29. The smallest absolute Gasteiger partial charge is 0.251 e. The van der Waals surface area contributed by atoms with Gasteiger partial charge in [-0.05, 0) is 63.1 Å². The average Bonchev–Trinajstić information content (AvgIpc) is 3.64. The van der Waals surface area contributed by atoms with Gasteiger partial charge in [0.05, 0.1) is 6.54 Å². The number of benzene rings is 1. The first-order valence-corrected chi connectivity index (χ1v) is 11.6. The molecular weight excluding hydrogens is 362 g/mol. The first-order chi connectivity index (χ1) is 14.1. The van der Waals surface area contributed by atoms with Gasteiger partial charge in [0.2, 0.25) is 5.91 Å². The van der Waals surface area contributed by atoms with Gasteiger partial charge < -0.3 is 10.2 Å². The van der Waals surface area contributed by atoms with Crippen molar-refractivity contribution < 1.29 is 9.59 Å². The Hall–Kier alpha value is -1.88. The first-order valence-electron chi connectivity index (χ1n) is 11.6. The topological polar surface area (TPSA) is 52.7 Å². The van der Waals surface area contributed by atoms with E-state index >= 15 is 0 Å². The van der Waals surface area contributed by atoms with Gasteiger partial charge in [-0.15, -0.1) is 0 Å². The zero-order valence-electron chi connectivity index (χ0n) is 17.7. The van der Waals surface area contributed by atoms with E-state index in [-0.39, 0.29) is 11.8 Å². The molecular formula is C24H35N3O2. The maximum Gasteiger partial charge on any atom is 0.251 e. The van der Waals surface area contributed by atoms with Crippen molar-refractivity contribution in [2.24, 2.45) is 0 Å². The highest BCUT2D eigenvalue weighted by Gasteiger charge is 2.33. The number of nitrogens with one attached hydrogen (secondary N) is 1. The molecule has 1 aromatic carbocycles. The van der Waals surface area contributed by atoms with Gasteiger partial charge in [0.15, 0.2) is 0 Å². The lowest BCUT2D eigenvalue weighted by atomic mass is 9.94. The first kappa shape index (κ1) is 20.4. The molecule has 3 aliphatic rings. The van der Waals surface area contributed by atoms with Gasteiger partial charge in [-0.3, -0.25) is 14.5 Å². The van der Waals surface area contributed by atoms with Crippen molar-refractivity contribution in [3.63, 3.8) is 0 Å². The van der Waals surface area contributed by atoms with Crippen LogP contribution < -0.4 is 5.32 Å². The summed E-state index contributed by atoms with van der Waals surface area (Å²) in [6.45, 7) is 4.22. The average molecular weight is 398 g/mol. The van der Waals surface area contributed by atoms with Crippen molar-refractivity contribution in [1.29, 1.82) is 0 Å². The summed E-state index contributed by atoms with van der Waals surface area (Å²) in [4.78, 5) is 29.7. The molecule has 4 rings (SSSR count). The number of hydrogen-bond acceptors (Lipinski definition) is 3. The van der Waals surface area contributed by atoms with Crippen molar-refractivity contribution in [3.8, 4) is 0 Å². The van der Waals surface area contributed by atoms with E-state index in [0.29, 0.717) is 24.7 Å². The largest absolute Gasteiger partial charge is 0.349 e. The van der Waals surface area contributed by atoms with E-state index in [2.05, 4.69) is 22.0 Å². The second-order valence-corrected chi connectivity index (χ2v) is 9.05. The zero-order valence-corrected chi connectivity index (χ0v) is 17.7. The summed E-state index contributed by atoms with van der Waals surface area (Å²) in [5, 5.41) is 3.04. The Kier molecular flexibility index (Phi) is 6.53. The SMILES string of the molecule is CCN(C(=O)CN(Cc1ccc(C(=O)NC2CC2)cc1)C1CC1)C1CCCCC1. The molecule has 1 N–H and O–H groups in total. The number of amides is 2. The summed E-state index contributed by atoms with van der Waals surface area (Å²) < 4.78 is 0. The van der Waals surface area contributed by atoms with Gasteiger partial charge >= 0.3 is 0 Å². The third-order valence-electron chi connectivity index (χ3n) is 6.59. The predicted molar refractivity (Wildman–Crippen MR) is 115 cm³/mol. The second-order valence-electron chi connectivity index (χ2n) is 9.05. The predicted octanol–water partition coefficient (Wildman–Crippen LogP) is 3.72. The molecule has 0 radical (unpaired) electrons. The van der Waals surface area contributed by atoms with E-state index in [1.165, 1.54) is 37.7 Å². The van der Waals surface area contributed by atoms with Gasteiger partial charge in [-0.1, -0.05) is 31.4 Å². The molecule has 0 atom stereocenters. The molecule has 5 heteroatoms. The fourth-order valence-electron chi connectivity index (χ4n) is 4.54. The molecule has 3 aliphatic carbocycles. The molecule has 0 unspecified atom stereocenters. The highest BCUT2D eigenvalue weighted by molar-refractivity contribution is 5.94. The number of likely N-dealkylation sites (N-methyl/N-ethyl adjacent to an activating group) is 1. The minimum Gasteiger partial charge on any atom is -0.349 e. The monoisotopic (exact) mass is 397 g/mol. The quantitative estimate of drug-likeness (QED) is 0.691. The summed E-state index contributed by atoms with van der Waals surface area (Å²) in [6.07, 6.45) is 10.7. The molecule has 0 saturated heterocycles. The maximum absolute atomic E-state index is 13.1. The fourth-order valence-corrected chi connectivity index (χ4v) is 4.54. The Morgan fingerprint density at radius 1 is 0.931 bits per heavy atom. The Balaban J connectivity index is 1.35. The molecule has 3 saturated carbocycles. The summed E-state index contributed by atoms with van der Waals surface area (Å²) in [6, 6.07) is 9.26. The van der Waals surface area contributed by atoms with E-state index in [1.807, 2.05) is 24.3 Å². The van der Waals surface area contributed by atoms with Crippen LogP contribution in [0.5, 0.6) is 0 Å². The van der Waals surface area contributed by atoms with Crippen molar-refractivity contribution in [1.82, 2.24) is 15.1 Å². The maximum atomic E-state index is 13.1. The molecule has 29 heavy (non-hydrogen) atoms. The lowest BCUT2D eigenvalue weighted by molar-refractivity contribution is -0.135. The van der Waals surface area contributed by atoms with Crippen LogP contribution in [0.1, 0.15) is 80.6 Å². The van der Waals surface area contributed by atoms with Crippen LogP contribution in [0.25, 0.3) is 0 Å². The van der Waals surface area contributed by atoms with Crippen molar-refractivity contribution in [2.75, 3.05) is 13.1 Å². The molecule has 0 heterocycles. The number of rotatable bonds is 9. The van der Waals surface area contributed by atoms with E-state index in [0.717, 1.165) is 44.3 Å². The molecule has 3 fully saturated rings. The third-order valence-corrected chi connectivity index (χ3v) is 6.59. The van der Waals surface area contributed by atoms with Crippen LogP contribution >= 0.6 is 0 Å². The normalized spacial score (nSPS) is 19.9. The molecule has 0 aliphatic heterocycles. The minimum absolute atomic E-state index is 0.0272. The van der Waals surface area contributed by atoms with Crippen LogP contribution in [0.4, 0.5) is 0 Å². The summed E-state index contributed by atoms with van der Waals surface area (Å²) in [5.74, 6) is 0.311. The Morgan fingerprint density at radius 2 is 1.62 bits per heavy atom. The van der Waals surface area contributed by atoms with Crippen LogP contribution in [0.3, 0.4) is 0 Å². The van der Waals surface area contributed by atoms with Crippen molar-refractivity contribution in [2.45, 2.75) is 89.4 Å². The van der Waals surface area contributed by atoms with Gasteiger partial charge in [0.25, 0.3) is 5.91 Å². The van der Waals surface area contributed by atoms with Crippen LogP contribution in [0.2, 0.25) is 0 Å². The van der Waals surface area contributed by atoms with Gasteiger partial charge in [-0.2, -0.15) is 0 Å². The summed E-state index contributed by atoms with van der Waals surface area (Å²) in [7, 11) is 0. The standard InChI is InChI=1S/C24H35N3O2/c1-2-27(22-6-4-3-5-7-22)23(28)17-26(21-14-15-21)16-18-8-10-19(11-9-18)24(29)25-20-12-13-20/h8-11,20-22H,2-7,12-17H2,1H3,(H,25,29). The van der Waals surface area contributed by atoms with Crippen LogP contribution in [-0.2, 0) is 11.3 Å². The molecule has 0 bridgehead atoms. The fraction of sp³-hybridized carbons (Fsp3) is 0.667. The lowest BCUT2D eigenvalue weighted by Gasteiger charge is -2.35. The Bertz CT molecular complexity index is 703. The molecule has 5 nitrogen and oxygen atoms in total. The third kappa shape index (κ3) is 5.59. The van der Waals surface area contributed by atoms with Gasteiger partial charge in [-0.25, -0.2) is 0 Å². The number of hydrogen-bond donors (Lipinski definition) is 1. The summed E-state index contributed by atoms with van der Waals surface area (Å²) >= 11 is 0. The van der Waals surface area contributed by atoms with E-state index in [9.17, 15) is 9.59 Å². The van der Waals surface area contributed by atoms with Crippen molar-refractivity contribution in [3.05, 3.63) is 35.4 Å². The lowest BCUT2D eigenvalue weighted by Crippen LogP contribution is -2.46. The van der Waals surface area contributed by atoms with Crippen molar-refractivity contribution >= 4 is 11.8 Å². The zero-order chi connectivity index (χ0) is 20.2. The van der Waals surface area contributed by atoms with E-state index in [1.54, 1.807) is 0 Å². The number of carbonyl (C=O) groups is 2. The molecule has 0 aromatic heterocycles. The molecule has 2 amide bonds. The minimum atomic E-state index is 0.0272.